The van der Waals surface area contributed by atoms with E-state index >= 15 is 0 Å². The van der Waals surface area contributed by atoms with Crippen LogP contribution in [0.4, 0.5) is 5.69 Å². The molecule has 1 aromatic heterocycles. The SMILES string of the molecule is CCC1CCCN(c2cc(CCl)nc3ccccc23)CC1. The van der Waals surface area contributed by atoms with Crippen LogP contribution in [-0.2, 0) is 5.88 Å². The lowest BCUT2D eigenvalue weighted by Crippen LogP contribution is -2.24. The Kier molecular flexibility index (Phi) is 4.64. The highest BCUT2D eigenvalue weighted by Crippen LogP contribution is 2.30. The number of hydrogen-bond donors (Lipinski definition) is 0. The fourth-order valence-electron chi connectivity index (χ4n) is 3.35. The fraction of sp³-hybridized carbons (Fsp3) is 0.500. The number of nitrogens with zero attached hydrogens (tertiary/aromatic N) is 2. The van der Waals surface area contributed by atoms with Crippen molar-refractivity contribution in [3.63, 3.8) is 0 Å². The van der Waals surface area contributed by atoms with Crippen molar-refractivity contribution in [3.05, 3.63) is 36.0 Å². The molecule has 2 heterocycles. The second-order valence-corrected chi connectivity index (χ2v) is 6.24. The van der Waals surface area contributed by atoms with Gasteiger partial charge in [-0.3, -0.25) is 4.98 Å². The van der Waals surface area contributed by atoms with E-state index in [2.05, 4.69) is 41.1 Å². The third kappa shape index (κ3) is 3.16. The van der Waals surface area contributed by atoms with Gasteiger partial charge in [-0.1, -0.05) is 31.5 Å². The van der Waals surface area contributed by atoms with Crippen molar-refractivity contribution in [2.45, 2.75) is 38.5 Å². The molecule has 3 heteroatoms. The smallest absolute Gasteiger partial charge is 0.0726 e. The summed E-state index contributed by atoms with van der Waals surface area (Å²) in [7, 11) is 0. The number of rotatable bonds is 3. The lowest BCUT2D eigenvalue weighted by molar-refractivity contribution is 0.459. The van der Waals surface area contributed by atoms with Crippen LogP contribution in [-0.4, -0.2) is 18.1 Å². The van der Waals surface area contributed by atoms with E-state index in [1.807, 2.05) is 6.07 Å². The van der Waals surface area contributed by atoms with Crippen LogP contribution in [0.3, 0.4) is 0 Å². The molecule has 0 bridgehead atoms. The molecule has 1 fully saturated rings. The quantitative estimate of drug-likeness (QED) is 0.743. The molecule has 3 rings (SSSR count). The molecule has 1 unspecified atom stereocenters. The zero-order valence-electron chi connectivity index (χ0n) is 12.7. The molecule has 1 atom stereocenters. The first-order valence-corrected chi connectivity index (χ1v) is 8.55. The van der Waals surface area contributed by atoms with E-state index in [9.17, 15) is 0 Å². The Bertz CT molecular complexity index is 611. The van der Waals surface area contributed by atoms with Crippen LogP contribution < -0.4 is 4.90 Å². The van der Waals surface area contributed by atoms with Gasteiger partial charge in [0.05, 0.1) is 17.1 Å². The minimum atomic E-state index is 0.475. The summed E-state index contributed by atoms with van der Waals surface area (Å²) in [6.45, 7) is 4.61. The van der Waals surface area contributed by atoms with Gasteiger partial charge in [-0.25, -0.2) is 0 Å². The Balaban J connectivity index is 1.98. The van der Waals surface area contributed by atoms with E-state index in [1.54, 1.807) is 0 Å². The van der Waals surface area contributed by atoms with Crippen LogP contribution in [0.2, 0.25) is 0 Å². The molecule has 0 amide bonds. The van der Waals surface area contributed by atoms with Crippen molar-refractivity contribution in [1.29, 1.82) is 0 Å². The number of fused-ring (bicyclic) bond motifs is 1. The number of aromatic nitrogens is 1. The van der Waals surface area contributed by atoms with E-state index in [0.29, 0.717) is 5.88 Å². The number of para-hydroxylation sites is 1. The Labute approximate surface area is 132 Å². The van der Waals surface area contributed by atoms with Gasteiger partial charge in [-0.15, -0.1) is 11.6 Å². The third-order valence-corrected chi connectivity index (χ3v) is 4.92. The minimum absolute atomic E-state index is 0.475. The summed E-state index contributed by atoms with van der Waals surface area (Å²) >= 11 is 6.04. The number of hydrogen-bond acceptors (Lipinski definition) is 2. The molecule has 0 aliphatic carbocycles. The summed E-state index contributed by atoms with van der Waals surface area (Å²) in [4.78, 5) is 7.18. The first kappa shape index (κ1) is 14.6. The van der Waals surface area contributed by atoms with Gasteiger partial charge in [0, 0.05) is 24.2 Å². The summed E-state index contributed by atoms with van der Waals surface area (Å²) in [6, 6.07) is 10.6. The highest BCUT2D eigenvalue weighted by molar-refractivity contribution is 6.17. The van der Waals surface area contributed by atoms with Crippen LogP contribution in [0.1, 0.15) is 38.3 Å². The lowest BCUT2D eigenvalue weighted by Gasteiger charge is -2.25. The van der Waals surface area contributed by atoms with Gasteiger partial charge in [-0.2, -0.15) is 0 Å². The maximum Gasteiger partial charge on any atom is 0.0726 e. The van der Waals surface area contributed by atoms with Crippen LogP contribution in [0.25, 0.3) is 10.9 Å². The molecule has 0 saturated carbocycles. The van der Waals surface area contributed by atoms with Crippen LogP contribution in [0, 0.1) is 5.92 Å². The first-order valence-electron chi connectivity index (χ1n) is 8.01. The molecule has 1 saturated heterocycles. The number of halogens is 1. The van der Waals surface area contributed by atoms with Gasteiger partial charge in [0.15, 0.2) is 0 Å². The van der Waals surface area contributed by atoms with Crippen LogP contribution in [0.15, 0.2) is 30.3 Å². The number of alkyl halides is 1. The fourth-order valence-corrected chi connectivity index (χ4v) is 3.49. The standard InChI is InChI=1S/C18H23ClN2/c1-2-14-6-5-10-21(11-9-14)18-12-15(13-19)20-17-8-4-3-7-16(17)18/h3-4,7-8,12,14H,2,5-6,9-11,13H2,1H3. The lowest BCUT2D eigenvalue weighted by atomic mass is 9.98. The topological polar surface area (TPSA) is 16.1 Å². The van der Waals surface area contributed by atoms with Gasteiger partial charge in [0.25, 0.3) is 0 Å². The van der Waals surface area contributed by atoms with Crippen molar-refractivity contribution < 1.29 is 0 Å². The molecule has 0 spiro atoms. The predicted molar refractivity (Wildman–Crippen MR) is 91.1 cm³/mol. The van der Waals surface area contributed by atoms with Gasteiger partial charge in [0.2, 0.25) is 0 Å². The van der Waals surface area contributed by atoms with Gasteiger partial charge in [0.1, 0.15) is 0 Å². The normalized spacial score (nSPS) is 19.7. The average Bonchev–Trinajstić information content (AvgIpc) is 2.79. The molecule has 1 aliphatic rings. The monoisotopic (exact) mass is 302 g/mol. The maximum atomic E-state index is 6.04. The molecule has 21 heavy (non-hydrogen) atoms. The molecule has 2 aromatic rings. The van der Waals surface area contributed by atoms with Gasteiger partial charge >= 0.3 is 0 Å². The zero-order valence-corrected chi connectivity index (χ0v) is 13.4. The maximum absolute atomic E-state index is 6.04. The highest BCUT2D eigenvalue weighted by atomic mass is 35.5. The molecule has 112 valence electrons. The highest BCUT2D eigenvalue weighted by Gasteiger charge is 2.18. The van der Waals surface area contributed by atoms with Crippen molar-refractivity contribution >= 4 is 28.2 Å². The van der Waals surface area contributed by atoms with Crippen molar-refractivity contribution in [2.75, 3.05) is 18.0 Å². The van der Waals surface area contributed by atoms with Crippen molar-refractivity contribution in [2.24, 2.45) is 5.92 Å². The average molecular weight is 303 g/mol. The van der Waals surface area contributed by atoms with E-state index < -0.39 is 0 Å². The van der Waals surface area contributed by atoms with E-state index in [-0.39, 0.29) is 0 Å². The van der Waals surface area contributed by atoms with Crippen LogP contribution in [0.5, 0.6) is 0 Å². The number of pyridine rings is 1. The Morgan fingerprint density at radius 2 is 2.10 bits per heavy atom. The molecule has 1 aromatic carbocycles. The second kappa shape index (κ2) is 6.65. The predicted octanol–water partition coefficient (Wildman–Crippen LogP) is 4.99. The summed E-state index contributed by atoms with van der Waals surface area (Å²) in [5.74, 6) is 1.36. The zero-order chi connectivity index (χ0) is 14.7. The van der Waals surface area contributed by atoms with Gasteiger partial charge < -0.3 is 4.90 Å². The van der Waals surface area contributed by atoms with Crippen molar-refractivity contribution in [1.82, 2.24) is 4.98 Å². The Hall–Kier alpha value is -1.28. The molecule has 1 aliphatic heterocycles. The van der Waals surface area contributed by atoms with Gasteiger partial charge in [-0.05, 0) is 37.3 Å². The van der Waals surface area contributed by atoms with E-state index in [4.69, 9.17) is 11.6 Å². The van der Waals surface area contributed by atoms with E-state index in [1.165, 1.54) is 36.8 Å². The minimum Gasteiger partial charge on any atom is -0.371 e. The summed E-state index contributed by atoms with van der Waals surface area (Å²) in [5.41, 5.74) is 3.34. The summed E-state index contributed by atoms with van der Waals surface area (Å²) in [5, 5.41) is 1.25. The Morgan fingerprint density at radius 1 is 1.24 bits per heavy atom. The van der Waals surface area contributed by atoms with Crippen molar-refractivity contribution in [3.8, 4) is 0 Å². The second-order valence-electron chi connectivity index (χ2n) is 5.98. The van der Waals surface area contributed by atoms with Crippen LogP contribution >= 0.6 is 11.6 Å². The first-order chi connectivity index (χ1) is 10.3. The molecule has 0 radical (unpaired) electrons. The number of benzene rings is 1. The third-order valence-electron chi connectivity index (χ3n) is 4.65. The summed E-state index contributed by atoms with van der Waals surface area (Å²) in [6.07, 6.45) is 5.24. The largest absolute Gasteiger partial charge is 0.371 e. The number of anilines is 1. The molecule has 0 N–H and O–H groups in total. The molecular weight excluding hydrogens is 280 g/mol. The van der Waals surface area contributed by atoms with E-state index in [0.717, 1.165) is 30.2 Å². The molecule has 2 nitrogen and oxygen atoms in total. The summed E-state index contributed by atoms with van der Waals surface area (Å²) < 4.78 is 0. The Morgan fingerprint density at radius 3 is 2.90 bits per heavy atom. The molecular formula is C18H23ClN2.